The topological polar surface area (TPSA) is 182 Å². The number of carbonyl (C=O) groups is 2. The van der Waals surface area contributed by atoms with E-state index in [1.54, 1.807) is 0 Å². The van der Waals surface area contributed by atoms with Crippen LogP contribution < -0.4 is 0 Å². The third-order valence-electron chi connectivity index (χ3n) is 1.91. The lowest BCUT2D eigenvalue weighted by molar-refractivity contribution is -0.137. The molecule has 104 valence electrons. The average Bonchev–Trinajstić information content (AvgIpc) is 2.94. The summed E-state index contributed by atoms with van der Waals surface area (Å²) in [5.74, 6) is -2.01. The van der Waals surface area contributed by atoms with Crippen LogP contribution in [-0.4, -0.2) is 52.5 Å². The van der Waals surface area contributed by atoms with E-state index < -0.39 is 11.9 Å². The van der Waals surface area contributed by atoms with E-state index in [9.17, 15) is 9.59 Å². The Labute approximate surface area is 110 Å². The van der Waals surface area contributed by atoms with Crippen molar-refractivity contribution in [3.63, 3.8) is 0 Å². The van der Waals surface area contributed by atoms with Gasteiger partial charge in [-0.2, -0.15) is 9.97 Å². The number of hydrogen-bond acceptors (Lipinski definition) is 8. The number of aromatic nitrogens is 6. The molecule has 0 amide bonds. The van der Waals surface area contributed by atoms with Gasteiger partial charge in [0.25, 0.3) is 11.9 Å². The van der Waals surface area contributed by atoms with Gasteiger partial charge in [-0.05, 0) is 0 Å². The van der Waals surface area contributed by atoms with Crippen LogP contribution in [0.4, 0.5) is 11.9 Å². The Morgan fingerprint density at radius 1 is 0.900 bits per heavy atom. The van der Waals surface area contributed by atoms with Crippen molar-refractivity contribution in [3.8, 4) is 0 Å². The first-order valence-corrected chi connectivity index (χ1v) is 5.21. The molecule has 0 spiro atoms. The molecule has 0 saturated carbocycles. The maximum Gasteiger partial charge on any atom is 0.311 e. The van der Waals surface area contributed by atoms with Crippen molar-refractivity contribution in [2.75, 3.05) is 0 Å². The summed E-state index contributed by atoms with van der Waals surface area (Å²) in [6, 6.07) is 0. The monoisotopic (exact) mass is 280 g/mol. The first-order chi connectivity index (χ1) is 9.52. The van der Waals surface area contributed by atoms with Gasteiger partial charge in [0, 0.05) is 0 Å². The lowest BCUT2D eigenvalue weighted by atomic mass is 10.4. The zero-order valence-electron chi connectivity index (χ0n) is 9.81. The minimum atomic E-state index is -1.06. The summed E-state index contributed by atoms with van der Waals surface area (Å²) in [4.78, 5) is 28.4. The Balaban J connectivity index is 2.01. The van der Waals surface area contributed by atoms with Crippen LogP contribution >= 0.6 is 0 Å². The largest absolute Gasteiger partial charge is 0.481 e. The van der Waals surface area contributed by atoms with Gasteiger partial charge in [-0.25, -0.2) is 0 Å². The van der Waals surface area contributed by atoms with Gasteiger partial charge >= 0.3 is 11.9 Å². The minimum absolute atomic E-state index is 0.0779. The molecule has 0 fully saturated rings. The van der Waals surface area contributed by atoms with E-state index in [1.807, 2.05) is 0 Å². The average molecular weight is 280 g/mol. The fourth-order valence-electron chi connectivity index (χ4n) is 1.19. The Bertz CT molecular complexity index is 603. The highest BCUT2D eigenvalue weighted by molar-refractivity contribution is 5.69. The van der Waals surface area contributed by atoms with E-state index in [0.29, 0.717) is 0 Å². The summed E-state index contributed by atoms with van der Waals surface area (Å²) in [5.41, 5.74) is 0. The second kappa shape index (κ2) is 5.64. The Morgan fingerprint density at radius 3 is 1.65 bits per heavy atom. The first-order valence-electron chi connectivity index (χ1n) is 5.21. The van der Waals surface area contributed by atoms with Gasteiger partial charge in [-0.15, -0.1) is 20.4 Å². The van der Waals surface area contributed by atoms with Crippen molar-refractivity contribution in [1.29, 1.82) is 0 Å². The lowest BCUT2D eigenvalue weighted by Crippen LogP contribution is -2.01. The number of hydrogen-bond donors (Lipinski definition) is 4. The van der Waals surface area contributed by atoms with Gasteiger partial charge in [0.2, 0.25) is 0 Å². The predicted octanol–water partition coefficient (Wildman–Crippen LogP) is -0.408. The van der Waals surface area contributed by atoms with Crippen LogP contribution in [0.2, 0.25) is 0 Å². The number of aromatic amines is 2. The van der Waals surface area contributed by atoms with Crippen molar-refractivity contribution < 1.29 is 19.8 Å². The highest BCUT2D eigenvalue weighted by Crippen LogP contribution is 2.10. The normalized spacial score (nSPS) is 11.0. The molecule has 0 unspecified atom stereocenters. The number of carboxylic acids is 2. The zero-order chi connectivity index (χ0) is 14.5. The maximum absolute atomic E-state index is 10.4. The molecule has 2 heterocycles. The third-order valence-corrected chi connectivity index (χ3v) is 1.91. The number of azo groups is 1. The highest BCUT2D eigenvalue weighted by Gasteiger charge is 2.08. The molecule has 2 aromatic rings. The molecule has 0 bridgehead atoms. The van der Waals surface area contributed by atoms with Gasteiger partial charge < -0.3 is 10.2 Å². The second-order valence-corrected chi connectivity index (χ2v) is 3.51. The molecule has 0 aromatic carbocycles. The van der Waals surface area contributed by atoms with Crippen LogP contribution in [-0.2, 0) is 22.4 Å². The molecule has 0 aliphatic heterocycles. The first kappa shape index (κ1) is 13.3. The van der Waals surface area contributed by atoms with Crippen molar-refractivity contribution in [2.45, 2.75) is 12.8 Å². The number of aliphatic carboxylic acids is 2. The summed E-state index contributed by atoms with van der Waals surface area (Å²) in [6.07, 6.45) is -0.627. The number of nitrogens with zero attached hydrogens (tertiary/aromatic N) is 6. The molecule has 20 heavy (non-hydrogen) atoms. The van der Waals surface area contributed by atoms with Crippen LogP contribution in [0.25, 0.3) is 0 Å². The second-order valence-electron chi connectivity index (χ2n) is 3.51. The SMILES string of the molecule is O=C(O)Cc1nc(/N=N/c2n[nH]c(CC(=O)O)n2)n[nH]1. The molecular weight excluding hydrogens is 272 g/mol. The fourth-order valence-corrected chi connectivity index (χ4v) is 1.19. The van der Waals surface area contributed by atoms with Crippen molar-refractivity contribution in [3.05, 3.63) is 11.6 Å². The predicted molar refractivity (Wildman–Crippen MR) is 59.6 cm³/mol. The van der Waals surface area contributed by atoms with E-state index in [0.717, 1.165) is 0 Å². The molecule has 0 aliphatic carbocycles. The van der Waals surface area contributed by atoms with Crippen LogP contribution in [0.1, 0.15) is 11.6 Å². The van der Waals surface area contributed by atoms with Crippen LogP contribution in [0.5, 0.6) is 0 Å². The minimum Gasteiger partial charge on any atom is -0.481 e. The van der Waals surface area contributed by atoms with Crippen LogP contribution in [0.3, 0.4) is 0 Å². The van der Waals surface area contributed by atoms with Gasteiger partial charge in [-0.3, -0.25) is 19.8 Å². The summed E-state index contributed by atoms with van der Waals surface area (Å²) < 4.78 is 0. The van der Waals surface area contributed by atoms with Gasteiger partial charge in [0.05, 0.1) is 0 Å². The highest BCUT2D eigenvalue weighted by atomic mass is 16.4. The van der Waals surface area contributed by atoms with Crippen LogP contribution in [0.15, 0.2) is 10.2 Å². The van der Waals surface area contributed by atoms with Crippen molar-refractivity contribution in [1.82, 2.24) is 30.4 Å². The van der Waals surface area contributed by atoms with E-state index in [4.69, 9.17) is 10.2 Å². The summed E-state index contributed by atoms with van der Waals surface area (Å²) in [7, 11) is 0. The number of carboxylic acid groups (broad SMARTS) is 2. The molecule has 0 atom stereocenters. The fraction of sp³-hybridized carbons (Fsp3) is 0.250. The summed E-state index contributed by atoms with van der Waals surface area (Å²) in [6.45, 7) is 0. The van der Waals surface area contributed by atoms with Crippen molar-refractivity contribution >= 4 is 23.8 Å². The van der Waals surface area contributed by atoms with E-state index in [1.165, 1.54) is 0 Å². The molecule has 0 aliphatic rings. The zero-order valence-corrected chi connectivity index (χ0v) is 9.81. The molecule has 12 nitrogen and oxygen atoms in total. The molecule has 12 heteroatoms. The standard InChI is InChI=1S/C8H8N8O4/c17-5(18)1-3-9-7(13-11-3)15-16-8-10-4(12-14-8)2-6(19)20/h1-2H2,(H,17,18)(H,19,20)(H,9,11,13)(H,10,12,14)/b16-15+. The Hall–Kier alpha value is -3.18. The quantitative estimate of drug-likeness (QED) is 0.514. The molecule has 4 N–H and O–H groups in total. The van der Waals surface area contributed by atoms with E-state index >= 15 is 0 Å². The smallest absolute Gasteiger partial charge is 0.311 e. The number of nitrogens with one attached hydrogen (secondary N) is 2. The summed E-state index contributed by atoms with van der Waals surface area (Å²) in [5, 5.41) is 36.3. The van der Waals surface area contributed by atoms with E-state index in [-0.39, 0.29) is 36.4 Å². The lowest BCUT2D eigenvalue weighted by Gasteiger charge is -1.85. The molecule has 2 aromatic heterocycles. The number of rotatable bonds is 6. The Kier molecular flexibility index (Phi) is 3.74. The van der Waals surface area contributed by atoms with Gasteiger partial charge in [0.15, 0.2) is 0 Å². The van der Waals surface area contributed by atoms with Gasteiger partial charge in [0.1, 0.15) is 24.5 Å². The van der Waals surface area contributed by atoms with E-state index in [2.05, 4.69) is 40.6 Å². The molecule has 0 radical (unpaired) electrons. The Morgan fingerprint density at radius 2 is 1.30 bits per heavy atom. The molecule has 2 rings (SSSR count). The summed E-state index contributed by atoms with van der Waals surface area (Å²) >= 11 is 0. The number of H-pyrrole nitrogens is 2. The van der Waals surface area contributed by atoms with Crippen LogP contribution in [0, 0.1) is 0 Å². The third kappa shape index (κ3) is 3.66. The van der Waals surface area contributed by atoms with Crippen molar-refractivity contribution in [2.24, 2.45) is 10.2 Å². The molecule has 0 saturated heterocycles. The molecular formula is C8H8N8O4. The van der Waals surface area contributed by atoms with Gasteiger partial charge in [-0.1, -0.05) is 0 Å². The maximum atomic E-state index is 10.4.